The van der Waals surface area contributed by atoms with Crippen LogP contribution < -0.4 is 4.90 Å². The molecule has 0 N–H and O–H groups in total. The summed E-state index contributed by atoms with van der Waals surface area (Å²) >= 11 is 0. The zero-order valence-electron chi connectivity index (χ0n) is 14.1. The highest BCUT2D eigenvalue weighted by Gasteiger charge is 2.24. The monoisotopic (exact) mass is 331 g/mol. The Morgan fingerprint density at radius 3 is 2.79 bits per heavy atom. The first-order valence-electron chi connectivity index (χ1n) is 7.92. The standard InChI is InChI=1S/C16H21N5O3/c1-11-6-14(21(22)23)8-17-16(11)19-4-5-24-15(9-19)10-20-13(3)7-12(2)18-20/h6-8,15H,4-5,9-10H2,1-3H3. The predicted molar refractivity (Wildman–Crippen MR) is 89.3 cm³/mol. The molecule has 3 rings (SSSR count). The maximum Gasteiger partial charge on any atom is 0.287 e. The van der Waals surface area contributed by atoms with Gasteiger partial charge in [-0.05, 0) is 32.4 Å². The molecule has 128 valence electrons. The third kappa shape index (κ3) is 3.38. The molecule has 24 heavy (non-hydrogen) atoms. The molecule has 1 atom stereocenters. The van der Waals surface area contributed by atoms with E-state index in [1.165, 1.54) is 6.20 Å². The predicted octanol–water partition coefficient (Wildman–Crippen LogP) is 2.02. The summed E-state index contributed by atoms with van der Waals surface area (Å²) in [6, 6.07) is 3.61. The average molecular weight is 331 g/mol. The van der Waals surface area contributed by atoms with Gasteiger partial charge in [-0.25, -0.2) is 4.98 Å². The van der Waals surface area contributed by atoms with Crippen LogP contribution in [0.25, 0.3) is 0 Å². The van der Waals surface area contributed by atoms with Gasteiger partial charge in [0.05, 0.1) is 29.9 Å². The van der Waals surface area contributed by atoms with Gasteiger partial charge in [-0.2, -0.15) is 5.10 Å². The lowest BCUT2D eigenvalue weighted by molar-refractivity contribution is -0.385. The van der Waals surface area contributed by atoms with E-state index in [0.717, 1.165) is 29.3 Å². The van der Waals surface area contributed by atoms with Crippen molar-refractivity contribution < 1.29 is 9.66 Å². The summed E-state index contributed by atoms with van der Waals surface area (Å²) in [6.45, 7) is 8.54. The van der Waals surface area contributed by atoms with E-state index in [1.807, 2.05) is 31.5 Å². The number of hydrogen-bond donors (Lipinski definition) is 0. The summed E-state index contributed by atoms with van der Waals surface area (Å²) in [5.74, 6) is 0.780. The van der Waals surface area contributed by atoms with E-state index in [1.54, 1.807) is 6.07 Å². The number of hydrogen-bond acceptors (Lipinski definition) is 6. The van der Waals surface area contributed by atoms with Gasteiger partial charge in [0, 0.05) is 24.8 Å². The smallest absolute Gasteiger partial charge is 0.287 e. The summed E-state index contributed by atoms with van der Waals surface area (Å²) in [5.41, 5.74) is 2.92. The van der Waals surface area contributed by atoms with Crippen molar-refractivity contribution in [3.63, 3.8) is 0 Å². The van der Waals surface area contributed by atoms with E-state index < -0.39 is 4.92 Å². The SMILES string of the molecule is Cc1cc(C)n(CC2CN(c3ncc([N+](=O)[O-])cc3C)CCO2)n1. The lowest BCUT2D eigenvalue weighted by Gasteiger charge is -2.34. The van der Waals surface area contributed by atoms with Gasteiger partial charge in [0.1, 0.15) is 12.0 Å². The lowest BCUT2D eigenvalue weighted by atomic mass is 10.2. The quantitative estimate of drug-likeness (QED) is 0.629. The van der Waals surface area contributed by atoms with Crippen molar-refractivity contribution in [2.75, 3.05) is 24.6 Å². The minimum atomic E-state index is -0.422. The van der Waals surface area contributed by atoms with Crippen LogP contribution in [0.2, 0.25) is 0 Å². The van der Waals surface area contributed by atoms with Crippen LogP contribution >= 0.6 is 0 Å². The van der Waals surface area contributed by atoms with E-state index in [9.17, 15) is 10.1 Å². The van der Waals surface area contributed by atoms with Crippen molar-refractivity contribution in [2.24, 2.45) is 0 Å². The Hall–Kier alpha value is -2.48. The summed E-state index contributed by atoms with van der Waals surface area (Å²) in [5, 5.41) is 15.3. The average Bonchev–Trinajstić information content (AvgIpc) is 2.85. The van der Waals surface area contributed by atoms with Gasteiger partial charge in [-0.1, -0.05) is 0 Å². The lowest BCUT2D eigenvalue weighted by Crippen LogP contribution is -2.45. The molecule has 8 heteroatoms. The molecule has 0 saturated carbocycles. The second-order valence-electron chi connectivity index (χ2n) is 6.14. The van der Waals surface area contributed by atoms with Crippen molar-refractivity contribution in [1.82, 2.24) is 14.8 Å². The van der Waals surface area contributed by atoms with Gasteiger partial charge in [-0.15, -0.1) is 0 Å². The molecular formula is C16H21N5O3. The molecule has 0 spiro atoms. The topological polar surface area (TPSA) is 86.3 Å². The van der Waals surface area contributed by atoms with E-state index in [-0.39, 0.29) is 11.8 Å². The summed E-state index contributed by atoms with van der Waals surface area (Å²) in [7, 11) is 0. The molecule has 1 aliphatic heterocycles. The number of nitro groups is 1. The summed E-state index contributed by atoms with van der Waals surface area (Å²) in [4.78, 5) is 16.8. The number of pyridine rings is 1. The number of aromatic nitrogens is 3. The number of morpholine rings is 1. The first kappa shape index (κ1) is 16.4. The second kappa shape index (κ2) is 6.56. The third-order valence-electron chi connectivity index (χ3n) is 4.17. The Kier molecular flexibility index (Phi) is 4.48. The van der Waals surface area contributed by atoms with Crippen LogP contribution in [-0.4, -0.2) is 45.5 Å². The molecule has 2 aromatic rings. The fourth-order valence-corrected chi connectivity index (χ4v) is 3.06. The highest BCUT2D eigenvalue weighted by Crippen LogP contribution is 2.23. The van der Waals surface area contributed by atoms with Crippen molar-refractivity contribution in [1.29, 1.82) is 0 Å². The van der Waals surface area contributed by atoms with Crippen LogP contribution in [0.1, 0.15) is 17.0 Å². The molecule has 8 nitrogen and oxygen atoms in total. The van der Waals surface area contributed by atoms with Crippen molar-refractivity contribution >= 4 is 11.5 Å². The Labute approximate surface area is 140 Å². The number of anilines is 1. The van der Waals surface area contributed by atoms with E-state index in [0.29, 0.717) is 19.7 Å². The minimum Gasteiger partial charge on any atom is -0.373 e. The van der Waals surface area contributed by atoms with E-state index in [4.69, 9.17) is 4.74 Å². The van der Waals surface area contributed by atoms with Crippen LogP contribution in [0.5, 0.6) is 0 Å². The Morgan fingerprint density at radius 1 is 1.38 bits per heavy atom. The molecule has 0 aromatic carbocycles. The van der Waals surface area contributed by atoms with Crippen molar-refractivity contribution in [3.05, 3.63) is 45.4 Å². The molecule has 1 unspecified atom stereocenters. The van der Waals surface area contributed by atoms with Gasteiger partial charge >= 0.3 is 0 Å². The van der Waals surface area contributed by atoms with E-state index >= 15 is 0 Å². The second-order valence-corrected chi connectivity index (χ2v) is 6.14. The molecule has 0 bridgehead atoms. The Morgan fingerprint density at radius 2 is 2.17 bits per heavy atom. The molecule has 1 saturated heterocycles. The molecular weight excluding hydrogens is 310 g/mol. The van der Waals surface area contributed by atoms with Gasteiger partial charge in [0.25, 0.3) is 5.69 Å². The molecule has 0 amide bonds. The van der Waals surface area contributed by atoms with Crippen LogP contribution in [0.4, 0.5) is 11.5 Å². The highest BCUT2D eigenvalue weighted by molar-refractivity contribution is 5.50. The molecule has 1 fully saturated rings. The normalized spacial score (nSPS) is 18.0. The maximum atomic E-state index is 10.9. The minimum absolute atomic E-state index is 0.00754. The first-order chi connectivity index (χ1) is 11.4. The summed E-state index contributed by atoms with van der Waals surface area (Å²) in [6.07, 6.45) is 1.32. The highest BCUT2D eigenvalue weighted by atomic mass is 16.6. The van der Waals surface area contributed by atoms with Gasteiger partial charge < -0.3 is 9.64 Å². The van der Waals surface area contributed by atoms with Crippen molar-refractivity contribution in [2.45, 2.75) is 33.4 Å². The zero-order valence-corrected chi connectivity index (χ0v) is 14.1. The Bertz CT molecular complexity index is 758. The first-order valence-corrected chi connectivity index (χ1v) is 7.92. The molecule has 2 aromatic heterocycles. The Balaban J connectivity index is 1.73. The van der Waals surface area contributed by atoms with Gasteiger partial charge in [0.15, 0.2) is 0 Å². The van der Waals surface area contributed by atoms with Crippen LogP contribution in [-0.2, 0) is 11.3 Å². The zero-order chi connectivity index (χ0) is 17.3. The third-order valence-corrected chi connectivity index (χ3v) is 4.17. The molecule has 0 aliphatic carbocycles. The number of aryl methyl sites for hydroxylation is 3. The fraction of sp³-hybridized carbons (Fsp3) is 0.500. The van der Waals surface area contributed by atoms with Crippen LogP contribution in [0.15, 0.2) is 18.3 Å². The van der Waals surface area contributed by atoms with Crippen molar-refractivity contribution in [3.8, 4) is 0 Å². The number of nitrogens with zero attached hydrogens (tertiary/aromatic N) is 5. The largest absolute Gasteiger partial charge is 0.373 e. The maximum absolute atomic E-state index is 10.9. The number of ether oxygens (including phenoxy) is 1. The van der Waals surface area contributed by atoms with Gasteiger partial charge in [-0.3, -0.25) is 14.8 Å². The number of rotatable bonds is 4. The molecule has 3 heterocycles. The molecule has 1 aliphatic rings. The van der Waals surface area contributed by atoms with E-state index in [2.05, 4.69) is 15.0 Å². The fourth-order valence-electron chi connectivity index (χ4n) is 3.06. The van der Waals surface area contributed by atoms with Gasteiger partial charge in [0.2, 0.25) is 0 Å². The summed E-state index contributed by atoms with van der Waals surface area (Å²) < 4.78 is 7.82. The van der Waals surface area contributed by atoms with Crippen LogP contribution in [0.3, 0.4) is 0 Å². The molecule has 0 radical (unpaired) electrons. The van der Waals surface area contributed by atoms with Crippen LogP contribution in [0, 0.1) is 30.9 Å².